The van der Waals surface area contributed by atoms with Gasteiger partial charge < -0.3 is 28.4 Å². The van der Waals surface area contributed by atoms with E-state index in [-0.39, 0.29) is 13.2 Å². The molecule has 0 radical (unpaired) electrons. The zero-order chi connectivity index (χ0) is 20.5. The van der Waals surface area contributed by atoms with Crippen LogP contribution in [0.3, 0.4) is 0 Å². The van der Waals surface area contributed by atoms with Crippen molar-refractivity contribution in [3.63, 3.8) is 0 Å². The SMILES string of the molecule is C=CCOCCOCCOCCOCCOC(=O)c1ccc(C(=O)OC)cc1. The molecule has 0 aliphatic heterocycles. The fraction of sp³-hybridized carbons (Fsp3) is 0.500. The van der Waals surface area contributed by atoms with Gasteiger partial charge in [-0.05, 0) is 24.3 Å². The molecule has 8 nitrogen and oxygen atoms in total. The quantitative estimate of drug-likeness (QED) is 0.238. The highest BCUT2D eigenvalue weighted by Gasteiger charge is 2.09. The van der Waals surface area contributed by atoms with Gasteiger partial charge in [0.05, 0.1) is 71.1 Å². The zero-order valence-corrected chi connectivity index (χ0v) is 16.2. The summed E-state index contributed by atoms with van der Waals surface area (Å²) in [4.78, 5) is 23.2. The van der Waals surface area contributed by atoms with Crippen LogP contribution < -0.4 is 0 Å². The van der Waals surface area contributed by atoms with E-state index in [1.54, 1.807) is 6.08 Å². The van der Waals surface area contributed by atoms with Crippen LogP contribution in [0, 0.1) is 0 Å². The fourth-order valence-electron chi connectivity index (χ4n) is 1.96. The van der Waals surface area contributed by atoms with Gasteiger partial charge in [-0.3, -0.25) is 0 Å². The summed E-state index contributed by atoms with van der Waals surface area (Å²) in [5.74, 6) is -0.940. The molecule has 156 valence electrons. The summed E-state index contributed by atoms with van der Waals surface area (Å²) in [5, 5.41) is 0. The molecular weight excluding hydrogens is 368 g/mol. The monoisotopic (exact) mass is 396 g/mol. The van der Waals surface area contributed by atoms with E-state index in [1.807, 2.05) is 0 Å². The Balaban J connectivity index is 1.96. The number of benzene rings is 1. The summed E-state index contributed by atoms with van der Waals surface area (Å²) in [7, 11) is 1.30. The molecule has 1 aromatic carbocycles. The van der Waals surface area contributed by atoms with E-state index in [1.165, 1.54) is 31.4 Å². The third kappa shape index (κ3) is 10.8. The van der Waals surface area contributed by atoms with Gasteiger partial charge in [0, 0.05) is 0 Å². The van der Waals surface area contributed by atoms with Gasteiger partial charge in [-0.1, -0.05) is 6.08 Å². The standard InChI is InChI=1S/C20H28O8/c1-3-8-24-9-10-25-11-12-26-13-14-27-15-16-28-20(22)18-6-4-17(5-7-18)19(21)23-2/h3-7H,1,8-16H2,2H3. The van der Waals surface area contributed by atoms with E-state index in [2.05, 4.69) is 11.3 Å². The molecule has 0 amide bonds. The van der Waals surface area contributed by atoms with Crippen molar-refractivity contribution in [2.24, 2.45) is 0 Å². The Hall–Kier alpha value is -2.26. The highest BCUT2D eigenvalue weighted by molar-refractivity contribution is 5.93. The van der Waals surface area contributed by atoms with Crippen molar-refractivity contribution in [1.29, 1.82) is 0 Å². The Morgan fingerprint density at radius 3 is 1.64 bits per heavy atom. The van der Waals surface area contributed by atoms with E-state index in [4.69, 9.17) is 23.7 Å². The minimum Gasteiger partial charge on any atom is -0.465 e. The topological polar surface area (TPSA) is 89.5 Å². The van der Waals surface area contributed by atoms with Gasteiger partial charge in [0.15, 0.2) is 0 Å². The molecule has 28 heavy (non-hydrogen) atoms. The van der Waals surface area contributed by atoms with Crippen molar-refractivity contribution in [3.8, 4) is 0 Å². The fourth-order valence-corrected chi connectivity index (χ4v) is 1.96. The van der Waals surface area contributed by atoms with Gasteiger partial charge in [-0.2, -0.15) is 0 Å². The van der Waals surface area contributed by atoms with Gasteiger partial charge in [0.2, 0.25) is 0 Å². The van der Waals surface area contributed by atoms with Crippen LogP contribution in [-0.2, 0) is 28.4 Å². The molecule has 8 heteroatoms. The molecule has 0 fully saturated rings. The molecule has 1 rings (SSSR count). The van der Waals surface area contributed by atoms with Gasteiger partial charge in [0.1, 0.15) is 6.61 Å². The second-order valence-corrected chi connectivity index (χ2v) is 5.41. The molecule has 0 aliphatic rings. The average Bonchev–Trinajstić information content (AvgIpc) is 2.73. The molecule has 0 bridgehead atoms. The van der Waals surface area contributed by atoms with E-state index in [0.29, 0.717) is 57.4 Å². The first-order valence-corrected chi connectivity index (χ1v) is 8.96. The molecule has 0 spiro atoms. The maximum Gasteiger partial charge on any atom is 0.338 e. The molecular formula is C20H28O8. The summed E-state index contributed by atoms with van der Waals surface area (Å²) in [5.41, 5.74) is 0.722. The molecule has 0 atom stereocenters. The number of ether oxygens (including phenoxy) is 6. The summed E-state index contributed by atoms with van der Waals surface area (Å²) < 4.78 is 30.8. The molecule has 0 heterocycles. The van der Waals surface area contributed by atoms with E-state index >= 15 is 0 Å². The first kappa shape index (κ1) is 23.8. The van der Waals surface area contributed by atoms with Gasteiger partial charge in [0.25, 0.3) is 0 Å². The Morgan fingerprint density at radius 1 is 0.750 bits per heavy atom. The first-order chi connectivity index (χ1) is 13.7. The molecule has 1 aromatic rings. The van der Waals surface area contributed by atoms with Crippen molar-refractivity contribution in [2.45, 2.75) is 0 Å². The van der Waals surface area contributed by atoms with Crippen molar-refractivity contribution >= 4 is 11.9 Å². The maximum atomic E-state index is 11.9. The number of methoxy groups -OCH3 is 1. The van der Waals surface area contributed by atoms with Gasteiger partial charge >= 0.3 is 11.9 Å². The third-order valence-corrected chi connectivity index (χ3v) is 3.35. The lowest BCUT2D eigenvalue weighted by Crippen LogP contribution is -2.14. The van der Waals surface area contributed by atoms with Gasteiger partial charge in [-0.25, -0.2) is 9.59 Å². The minimum atomic E-state index is -0.481. The second kappa shape index (κ2) is 15.8. The number of hydrogen-bond acceptors (Lipinski definition) is 8. The summed E-state index contributed by atoms with van der Waals surface area (Å²) >= 11 is 0. The highest BCUT2D eigenvalue weighted by Crippen LogP contribution is 2.07. The lowest BCUT2D eigenvalue weighted by molar-refractivity contribution is -0.00719. The Bertz CT molecular complexity index is 570. The normalized spacial score (nSPS) is 10.5. The molecule has 0 saturated heterocycles. The molecule has 0 aromatic heterocycles. The Morgan fingerprint density at radius 2 is 1.18 bits per heavy atom. The van der Waals surface area contributed by atoms with Crippen molar-refractivity contribution in [3.05, 3.63) is 48.0 Å². The van der Waals surface area contributed by atoms with Crippen LogP contribution >= 0.6 is 0 Å². The summed E-state index contributed by atoms with van der Waals surface area (Å²) in [6.45, 7) is 7.31. The second-order valence-electron chi connectivity index (χ2n) is 5.41. The predicted octanol–water partition coefficient (Wildman–Crippen LogP) is 1.88. The lowest BCUT2D eigenvalue weighted by atomic mass is 10.1. The number of carbonyl (C=O) groups excluding carboxylic acids is 2. The number of carbonyl (C=O) groups is 2. The third-order valence-electron chi connectivity index (χ3n) is 3.35. The summed E-state index contributed by atoms with van der Waals surface area (Å²) in [6.07, 6.45) is 1.69. The number of hydrogen-bond donors (Lipinski definition) is 0. The van der Waals surface area contributed by atoms with Crippen molar-refractivity contribution in [1.82, 2.24) is 0 Å². The Labute approximate surface area is 165 Å². The van der Waals surface area contributed by atoms with Crippen LogP contribution in [0.5, 0.6) is 0 Å². The maximum absolute atomic E-state index is 11.9. The van der Waals surface area contributed by atoms with Crippen LogP contribution in [0.25, 0.3) is 0 Å². The molecule has 0 N–H and O–H groups in total. The largest absolute Gasteiger partial charge is 0.465 e. The highest BCUT2D eigenvalue weighted by atomic mass is 16.6. The van der Waals surface area contributed by atoms with Crippen LogP contribution in [0.2, 0.25) is 0 Å². The van der Waals surface area contributed by atoms with Crippen LogP contribution in [-0.4, -0.2) is 78.5 Å². The average molecular weight is 396 g/mol. The number of esters is 2. The molecule has 0 saturated carbocycles. The zero-order valence-electron chi connectivity index (χ0n) is 16.2. The smallest absolute Gasteiger partial charge is 0.338 e. The van der Waals surface area contributed by atoms with Crippen LogP contribution in [0.1, 0.15) is 20.7 Å². The minimum absolute atomic E-state index is 0.130. The van der Waals surface area contributed by atoms with Crippen molar-refractivity contribution < 1.29 is 38.0 Å². The summed E-state index contributed by atoms with van der Waals surface area (Å²) in [6, 6.07) is 6.04. The van der Waals surface area contributed by atoms with E-state index in [0.717, 1.165) is 0 Å². The van der Waals surface area contributed by atoms with Crippen LogP contribution in [0.15, 0.2) is 36.9 Å². The van der Waals surface area contributed by atoms with Crippen LogP contribution in [0.4, 0.5) is 0 Å². The van der Waals surface area contributed by atoms with E-state index < -0.39 is 11.9 Å². The molecule has 0 aliphatic carbocycles. The number of rotatable bonds is 16. The van der Waals surface area contributed by atoms with Gasteiger partial charge in [-0.15, -0.1) is 6.58 Å². The van der Waals surface area contributed by atoms with E-state index in [9.17, 15) is 9.59 Å². The van der Waals surface area contributed by atoms with Crippen molar-refractivity contribution in [2.75, 3.05) is 66.6 Å². The Kier molecular flexibility index (Phi) is 13.4. The lowest BCUT2D eigenvalue weighted by Gasteiger charge is -2.08. The first-order valence-electron chi connectivity index (χ1n) is 8.96. The molecule has 0 unspecified atom stereocenters. The predicted molar refractivity (Wildman–Crippen MR) is 102 cm³/mol.